The minimum absolute atomic E-state index is 0.0728. The number of likely N-dealkylation sites (N-methyl/N-ethyl adjacent to an activating group) is 1. The van der Waals surface area contributed by atoms with Crippen LogP contribution in [0, 0.1) is 5.92 Å². The number of nitrogens with one attached hydrogen (secondary N) is 1. The van der Waals surface area contributed by atoms with Crippen LogP contribution in [0.4, 0.5) is 0 Å². The van der Waals surface area contributed by atoms with Crippen LogP contribution in [-0.2, 0) is 17.9 Å². The fraction of sp³-hybridized carbons (Fsp3) is 0.632. The normalized spacial score (nSPS) is 17.9. The van der Waals surface area contributed by atoms with Crippen LogP contribution in [-0.4, -0.2) is 54.5 Å². The molecule has 1 atom stereocenters. The van der Waals surface area contributed by atoms with Gasteiger partial charge in [0.15, 0.2) is 0 Å². The van der Waals surface area contributed by atoms with E-state index in [2.05, 4.69) is 40.2 Å². The van der Waals surface area contributed by atoms with Crippen LogP contribution in [0.2, 0.25) is 0 Å². The largest absolute Gasteiger partial charge is 0.351 e. The lowest BCUT2D eigenvalue weighted by atomic mass is 10.0. The number of hydrogen-bond acceptors (Lipinski definition) is 4. The van der Waals surface area contributed by atoms with Crippen LogP contribution in [0.25, 0.3) is 0 Å². The van der Waals surface area contributed by atoms with Gasteiger partial charge in [-0.2, -0.15) is 0 Å². The molecule has 0 aromatic heterocycles. The van der Waals surface area contributed by atoms with Gasteiger partial charge in [0.05, 0.1) is 6.04 Å². The summed E-state index contributed by atoms with van der Waals surface area (Å²) in [5.41, 5.74) is 8.39. The van der Waals surface area contributed by atoms with E-state index in [4.69, 9.17) is 5.73 Å². The predicted molar refractivity (Wildman–Crippen MR) is 98.5 cm³/mol. The van der Waals surface area contributed by atoms with E-state index >= 15 is 0 Å². The number of rotatable bonds is 7. The van der Waals surface area contributed by atoms with Gasteiger partial charge in [0.1, 0.15) is 0 Å². The topological polar surface area (TPSA) is 61.6 Å². The smallest absolute Gasteiger partial charge is 0.237 e. The van der Waals surface area contributed by atoms with Gasteiger partial charge in [0.25, 0.3) is 0 Å². The maximum absolute atomic E-state index is 12.1. The maximum Gasteiger partial charge on any atom is 0.237 e. The van der Waals surface area contributed by atoms with E-state index < -0.39 is 6.04 Å². The van der Waals surface area contributed by atoms with Crippen LogP contribution in [0.3, 0.4) is 0 Å². The Bertz CT molecular complexity index is 524. The highest BCUT2D eigenvalue weighted by Crippen LogP contribution is 2.14. The van der Waals surface area contributed by atoms with Gasteiger partial charge in [-0.3, -0.25) is 9.69 Å². The van der Waals surface area contributed by atoms with Crippen LogP contribution in [0.15, 0.2) is 24.3 Å². The quantitative estimate of drug-likeness (QED) is 0.793. The van der Waals surface area contributed by atoms with E-state index in [-0.39, 0.29) is 11.8 Å². The van der Waals surface area contributed by atoms with Crippen molar-refractivity contribution in [2.24, 2.45) is 11.7 Å². The van der Waals surface area contributed by atoms with E-state index in [0.717, 1.165) is 39.3 Å². The first-order valence-electron chi connectivity index (χ1n) is 9.06. The minimum atomic E-state index is -0.445. The molecule has 3 N–H and O–H groups in total. The molecule has 0 unspecified atom stereocenters. The van der Waals surface area contributed by atoms with Gasteiger partial charge in [0, 0.05) is 39.3 Å². The molecule has 1 fully saturated rings. The number of benzene rings is 1. The number of piperazine rings is 1. The Balaban J connectivity index is 1.92. The molecule has 1 aromatic carbocycles. The summed E-state index contributed by atoms with van der Waals surface area (Å²) in [7, 11) is 0. The second-order valence-electron chi connectivity index (χ2n) is 6.97. The summed E-state index contributed by atoms with van der Waals surface area (Å²) in [5.74, 6) is 0.0754. The van der Waals surface area contributed by atoms with Gasteiger partial charge in [0.2, 0.25) is 5.91 Å². The molecular formula is C19H32N4O. The van der Waals surface area contributed by atoms with Crippen molar-refractivity contribution in [2.75, 3.05) is 32.7 Å². The molecule has 1 heterocycles. The van der Waals surface area contributed by atoms with Crippen molar-refractivity contribution in [2.45, 2.75) is 39.9 Å². The van der Waals surface area contributed by atoms with Crippen LogP contribution >= 0.6 is 0 Å². The Morgan fingerprint density at radius 2 is 1.71 bits per heavy atom. The first kappa shape index (κ1) is 18.9. The lowest BCUT2D eigenvalue weighted by molar-refractivity contribution is -0.123. The molecule has 5 heteroatoms. The molecule has 5 nitrogen and oxygen atoms in total. The molecule has 1 aliphatic rings. The average Bonchev–Trinajstić information content (AvgIpc) is 2.60. The van der Waals surface area contributed by atoms with Crippen molar-refractivity contribution >= 4 is 5.91 Å². The molecule has 0 aliphatic carbocycles. The zero-order chi connectivity index (χ0) is 17.5. The average molecular weight is 332 g/mol. The molecule has 0 bridgehead atoms. The summed E-state index contributed by atoms with van der Waals surface area (Å²) in [4.78, 5) is 17.1. The number of hydrogen-bond donors (Lipinski definition) is 2. The molecular weight excluding hydrogens is 300 g/mol. The lowest BCUT2D eigenvalue weighted by Crippen LogP contribution is -2.46. The van der Waals surface area contributed by atoms with E-state index in [1.165, 1.54) is 11.1 Å². The molecule has 1 aliphatic heterocycles. The first-order valence-corrected chi connectivity index (χ1v) is 9.06. The Morgan fingerprint density at radius 1 is 1.12 bits per heavy atom. The summed E-state index contributed by atoms with van der Waals surface area (Å²) in [6.45, 7) is 13.3. The summed E-state index contributed by atoms with van der Waals surface area (Å²) in [5, 5.41) is 2.98. The Morgan fingerprint density at radius 3 is 2.29 bits per heavy atom. The van der Waals surface area contributed by atoms with Crippen LogP contribution < -0.4 is 11.1 Å². The van der Waals surface area contributed by atoms with Crippen molar-refractivity contribution in [1.29, 1.82) is 0 Å². The lowest BCUT2D eigenvalue weighted by Gasteiger charge is -2.34. The van der Waals surface area contributed by atoms with Gasteiger partial charge in [-0.05, 0) is 23.6 Å². The standard InChI is InChI=1S/C19H32N4O/c1-4-22-9-11-23(12-10-22)14-17-8-6-5-7-16(17)13-21-19(24)18(20)15(2)3/h5-8,15,18H,4,9-14,20H2,1-3H3,(H,21,24)/t18-/m0/s1. The monoisotopic (exact) mass is 332 g/mol. The summed E-state index contributed by atoms with van der Waals surface area (Å²) < 4.78 is 0. The summed E-state index contributed by atoms with van der Waals surface area (Å²) >= 11 is 0. The van der Waals surface area contributed by atoms with Crippen LogP contribution in [0.5, 0.6) is 0 Å². The third-order valence-corrected chi connectivity index (χ3v) is 4.90. The van der Waals surface area contributed by atoms with Crippen molar-refractivity contribution < 1.29 is 4.79 Å². The summed E-state index contributed by atoms with van der Waals surface area (Å²) in [6.07, 6.45) is 0. The van der Waals surface area contributed by atoms with Crippen molar-refractivity contribution in [3.63, 3.8) is 0 Å². The third kappa shape index (κ3) is 5.30. The van der Waals surface area contributed by atoms with Crippen LogP contribution in [0.1, 0.15) is 31.9 Å². The van der Waals surface area contributed by atoms with E-state index in [0.29, 0.717) is 6.54 Å². The number of carbonyl (C=O) groups is 1. The van der Waals surface area contributed by atoms with Gasteiger partial charge in [-0.15, -0.1) is 0 Å². The number of nitrogens with two attached hydrogens (primary N) is 1. The maximum atomic E-state index is 12.1. The SMILES string of the molecule is CCN1CCN(Cc2ccccc2CNC(=O)[C@@H](N)C(C)C)CC1. The second-order valence-corrected chi connectivity index (χ2v) is 6.97. The molecule has 1 amide bonds. The van der Waals surface area contributed by atoms with Gasteiger partial charge < -0.3 is 16.0 Å². The highest BCUT2D eigenvalue weighted by atomic mass is 16.2. The Labute approximate surface area is 146 Å². The van der Waals surface area contributed by atoms with E-state index in [9.17, 15) is 4.79 Å². The molecule has 0 spiro atoms. The molecule has 0 radical (unpaired) electrons. The number of nitrogens with zero attached hydrogens (tertiary/aromatic N) is 2. The minimum Gasteiger partial charge on any atom is -0.351 e. The fourth-order valence-electron chi connectivity index (χ4n) is 2.99. The fourth-order valence-corrected chi connectivity index (χ4v) is 2.99. The molecule has 24 heavy (non-hydrogen) atoms. The molecule has 1 aromatic rings. The number of carbonyl (C=O) groups excluding carboxylic acids is 1. The zero-order valence-corrected chi connectivity index (χ0v) is 15.3. The van der Waals surface area contributed by atoms with E-state index in [1.54, 1.807) is 0 Å². The van der Waals surface area contributed by atoms with Gasteiger partial charge >= 0.3 is 0 Å². The van der Waals surface area contributed by atoms with E-state index in [1.807, 2.05) is 19.9 Å². The Hall–Kier alpha value is -1.43. The first-order chi connectivity index (χ1) is 11.5. The molecule has 0 saturated carbocycles. The third-order valence-electron chi connectivity index (χ3n) is 4.90. The molecule has 134 valence electrons. The summed E-state index contributed by atoms with van der Waals surface area (Å²) in [6, 6.07) is 7.92. The van der Waals surface area contributed by atoms with Crippen molar-refractivity contribution in [3.05, 3.63) is 35.4 Å². The highest BCUT2D eigenvalue weighted by Gasteiger charge is 2.18. The van der Waals surface area contributed by atoms with Crippen molar-refractivity contribution in [1.82, 2.24) is 15.1 Å². The Kier molecular flexibility index (Phi) is 7.21. The van der Waals surface area contributed by atoms with Crippen molar-refractivity contribution in [3.8, 4) is 0 Å². The van der Waals surface area contributed by atoms with Gasteiger partial charge in [-0.25, -0.2) is 0 Å². The highest BCUT2D eigenvalue weighted by molar-refractivity contribution is 5.81. The van der Waals surface area contributed by atoms with Gasteiger partial charge in [-0.1, -0.05) is 45.0 Å². The predicted octanol–water partition coefficient (Wildman–Crippen LogP) is 1.42. The molecule has 2 rings (SSSR count). The molecule has 1 saturated heterocycles. The zero-order valence-electron chi connectivity index (χ0n) is 15.3. The second kappa shape index (κ2) is 9.16. The number of amides is 1.